The molecule has 0 aliphatic carbocycles. The van der Waals surface area contributed by atoms with E-state index in [0.717, 1.165) is 5.56 Å². The van der Waals surface area contributed by atoms with Crippen LogP contribution in [0.1, 0.15) is 29.8 Å². The van der Waals surface area contributed by atoms with Crippen LogP contribution in [0, 0.1) is 5.92 Å². The van der Waals surface area contributed by atoms with Gasteiger partial charge in [0.2, 0.25) is 0 Å². The van der Waals surface area contributed by atoms with Crippen LogP contribution in [0.4, 0.5) is 16.2 Å². The number of nitrogens with one attached hydrogen (secondary N) is 2. The molecule has 3 atom stereocenters. The largest absolute Gasteiger partial charge is 0.497 e. The maximum absolute atomic E-state index is 13.7. The second kappa shape index (κ2) is 14.1. The summed E-state index contributed by atoms with van der Waals surface area (Å²) in [5, 5.41) is 16.5. The molecule has 0 fully saturated rings. The first-order valence-corrected chi connectivity index (χ1v) is 14.4. The monoisotopic (exact) mass is 614 g/mol. The van der Waals surface area contributed by atoms with Crippen LogP contribution in [-0.4, -0.2) is 72.8 Å². The second-order valence-electron chi connectivity index (χ2n) is 10.6. The summed E-state index contributed by atoms with van der Waals surface area (Å²) < 4.78 is 11.6. The molecule has 0 bridgehead atoms. The number of aliphatic hydroxyl groups excluding tert-OH is 1. The van der Waals surface area contributed by atoms with E-state index in [4.69, 9.17) is 32.7 Å². The molecule has 9 nitrogen and oxygen atoms in total. The van der Waals surface area contributed by atoms with Crippen molar-refractivity contribution in [1.29, 1.82) is 0 Å². The Morgan fingerprint density at radius 3 is 2.45 bits per heavy atom. The Hall–Kier alpha value is -3.50. The van der Waals surface area contributed by atoms with Gasteiger partial charge < -0.3 is 30.1 Å². The lowest BCUT2D eigenvalue weighted by Gasteiger charge is -2.38. The van der Waals surface area contributed by atoms with Gasteiger partial charge in [-0.3, -0.25) is 9.69 Å². The van der Waals surface area contributed by atoms with Crippen molar-refractivity contribution >= 4 is 46.5 Å². The van der Waals surface area contributed by atoms with Crippen molar-refractivity contribution in [3.05, 3.63) is 81.8 Å². The number of benzene rings is 3. The number of ether oxygens (including phenoxy) is 2. The zero-order chi connectivity index (χ0) is 30.4. The number of fused-ring (bicyclic) bond motifs is 1. The number of anilines is 2. The van der Waals surface area contributed by atoms with Crippen LogP contribution in [0.5, 0.6) is 11.5 Å². The van der Waals surface area contributed by atoms with Crippen LogP contribution < -0.4 is 20.1 Å². The summed E-state index contributed by atoms with van der Waals surface area (Å²) >= 11 is 12.3. The number of nitrogens with zero attached hydrogens (tertiary/aromatic N) is 2. The van der Waals surface area contributed by atoms with Crippen molar-refractivity contribution in [2.75, 3.05) is 44.5 Å². The Labute approximate surface area is 256 Å². The zero-order valence-corrected chi connectivity index (χ0v) is 25.6. The average molecular weight is 616 g/mol. The standard InChI is InChI=1S/C31H36Cl2N4O5/c1-19-15-37(20(2)18-38)30(39)25-14-23(35-31(40)34-22-6-9-24(41-4)10-7-22)8-12-28(25)42-29(19)17-36(3)16-21-5-11-26(32)27(33)13-21/h5-14,19-20,29,38H,15-18H2,1-4H3,(H2,34,35,40)/t19-,20-,29+/m1/s1. The van der Waals surface area contributed by atoms with Gasteiger partial charge in [-0.25, -0.2) is 4.79 Å². The molecule has 1 aliphatic rings. The summed E-state index contributed by atoms with van der Waals surface area (Å²) in [6.07, 6.45) is -0.268. The van der Waals surface area contributed by atoms with Crippen LogP contribution in [0.2, 0.25) is 10.0 Å². The second-order valence-corrected chi connectivity index (χ2v) is 11.4. The Morgan fingerprint density at radius 1 is 1.10 bits per heavy atom. The highest BCUT2D eigenvalue weighted by atomic mass is 35.5. The molecule has 3 aromatic rings. The molecule has 0 saturated carbocycles. The number of aliphatic hydroxyl groups is 1. The Kier molecular flexibility index (Phi) is 10.6. The van der Waals surface area contributed by atoms with Gasteiger partial charge in [-0.05, 0) is 74.1 Å². The molecule has 3 aromatic carbocycles. The van der Waals surface area contributed by atoms with E-state index in [1.807, 2.05) is 33.0 Å². The fourth-order valence-corrected chi connectivity index (χ4v) is 5.13. The van der Waals surface area contributed by atoms with E-state index in [2.05, 4.69) is 15.5 Å². The molecule has 11 heteroatoms. The average Bonchev–Trinajstić information content (AvgIpc) is 2.97. The Balaban J connectivity index is 1.54. The van der Waals surface area contributed by atoms with E-state index in [0.29, 0.717) is 58.1 Å². The molecular weight excluding hydrogens is 579 g/mol. The van der Waals surface area contributed by atoms with Crippen molar-refractivity contribution in [2.45, 2.75) is 32.5 Å². The number of rotatable bonds is 9. The van der Waals surface area contributed by atoms with Gasteiger partial charge in [0, 0.05) is 36.9 Å². The molecule has 42 heavy (non-hydrogen) atoms. The third-order valence-electron chi connectivity index (χ3n) is 7.20. The van der Waals surface area contributed by atoms with Gasteiger partial charge in [0.25, 0.3) is 5.91 Å². The highest BCUT2D eigenvalue weighted by molar-refractivity contribution is 6.42. The number of halogens is 2. The van der Waals surface area contributed by atoms with Gasteiger partial charge in [-0.2, -0.15) is 0 Å². The van der Waals surface area contributed by atoms with Gasteiger partial charge >= 0.3 is 6.03 Å². The van der Waals surface area contributed by atoms with Crippen LogP contribution in [0.3, 0.4) is 0 Å². The predicted octanol–water partition coefficient (Wildman–Crippen LogP) is 6.00. The lowest BCUT2D eigenvalue weighted by molar-refractivity contribution is 0.0341. The first kappa shape index (κ1) is 31.4. The van der Waals surface area contributed by atoms with Crippen molar-refractivity contribution in [3.8, 4) is 11.5 Å². The molecule has 0 unspecified atom stereocenters. The topological polar surface area (TPSA) is 103 Å². The van der Waals surface area contributed by atoms with Crippen LogP contribution in [-0.2, 0) is 6.54 Å². The first-order valence-electron chi connectivity index (χ1n) is 13.6. The molecule has 3 N–H and O–H groups in total. The maximum atomic E-state index is 13.7. The number of carbonyl (C=O) groups excluding carboxylic acids is 2. The fourth-order valence-electron chi connectivity index (χ4n) is 4.81. The van der Waals surface area contributed by atoms with E-state index in [-0.39, 0.29) is 24.5 Å². The number of methoxy groups -OCH3 is 1. The molecule has 1 heterocycles. The molecule has 4 rings (SSSR count). The summed E-state index contributed by atoms with van der Waals surface area (Å²) in [4.78, 5) is 30.2. The fraction of sp³-hybridized carbons (Fsp3) is 0.355. The smallest absolute Gasteiger partial charge is 0.323 e. The number of hydrogen-bond acceptors (Lipinski definition) is 6. The van der Waals surface area contributed by atoms with E-state index >= 15 is 0 Å². The van der Waals surface area contributed by atoms with Gasteiger partial charge in [-0.1, -0.05) is 36.2 Å². The number of urea groups is 1. The lowest BCUT2D eigenvalue weighted by Crippen LogP contribution is -2.49. The Bertz CT molecular complexity index is 1400. The maximum Gasteiger partial charge on any atom is 0.323 e. The van der Waals surface area contributed by atoms with Crippen molar-refractivity contribution in [2.24, 2.45) is 5.92 Å². The SMILES string of the molecule is COc1ccc(NC(=O)Nc2ccc3c(c2)C(=O)N([C@H](C)CO)C[C@@H](C)[C@H](CN(C)Cc2ccc(Cl)c(Cl)c2)O3)cc1. The first-order chi connectivity index (χ1) is 20.1. The van der Waals surface area contributed by atoms with Crippen LogP contribution in [0.15, 0.2) is 60.7 Å². The molecule has 1 aliphatic heterocycles. The van der Waals surface area contributed by atoms with Crippen LogP contribution >= 0.6 is 23.2 Å². The zero-order valence-electron chi connectivity index (χ0n) is 24.1. The summed E-state index contributed by atoms with van der Waals surface area (Å²) in [7, 11) is 3.56. The van der Waals surface area contributed by atoms with E-state index in [1.54, 1.807) is 60.5 Å². The molecule has 0 spiro atoms. The molecule has 0 radical (unpaired) electrons. The molecule has 0 saturated heterocycles. The van der Waals surface area contributed by atoms with Gasteiger partial charge in [0.05, 0.1) is 35.4 Å². The third kappa shape index (κ3) is 7.86. The number of likely N-dealkylation sites (N-methyl/N-ethyl adjacent to an activating group) is 1. The van der Waals surface area contributed by atoms with E-state index in [9.17, 15) is 14.7 Å². The predicted molar refractivity (Wildman–Crippen MR) is 166 cm³/mol. The minimum Gasteiger partial charge on any atom is -0.497 e. The molecular formula is C31H36Cl2N4O5. The summed E-state index contributed by atoms with van der Waals surface area (Å²) in [6.45, 7) is 5.24. The van der Waals surface area contributed by atoms with E-state index < -0.39 is 12.1 Å². The van der Waals surface area contributed by atoms with Gasteiger partial charge in [-0.15, -0.1) is 0 Å². The van der Waals surface area contributed by atoms with E-state index in [1.165, 1.54) is 0 Å². The normalized spacial score (nSPS) is 17.5. The Morgan fingerprint density at radius 2 is 1.79 bits per heavy atom. The highest BCUT2D eigenvalue weighted by Crippen LogP contribution is 2.31. The molecule has 0 aromatic heterocycles. The van der Waals surface area contributed by atoms with Crippen molar-refractivity contribution in [3.63, 3.8) is 0 Å². The summed E-state index contributed by atoms with van der Waals surface area (Å²) in [5.41, 5.74) is 2.33. The molecule has 3 amide bonds. The summed E-state index contributed by atoms with van der Waals surface area (Å²) in [6, 6.07) is 16.6. The highest BCUT2D eigenvalue weighted by Gasteiger charge is 2.33. The number of hydrogen-bond donors (Lipinski definition) is 3. The summed E-state index contributed by atoms with van der Waals surface area (Å²) in [5.74, 6) is 0.771. The van der Waals surface area contributed by atoms with Crippen molar-refractivity contribution in [1.82, 2.24) is 9.80 Å². The van der Waals surface area contributed by atoms with Gasteiger partial charge in [0.1, 0.15) is 17.6 Å². The molecule has 224 valence electrons. The number of carbonyl (C=O) groups is 2. The minimum atomic E-state index is -0.463. The van der Waals surface area contributed by atoms with Crippen LogP contribution in [0.25, 0.3) is 0 Å². The number of amides is 3. The third-order valence-corrected chi connectivity index (χ3v) is 7.94. The quantitative estimate of drug-likeness (QED) is 0.273. The van der Waals surface area contributed by atoms with Crippen molar-refractivity contribution < 1.29 is 24.2 Å². The minimum absolute atomic E-state index is 0.0413. The van der Waals surface area contributed by atoms with Gasteiger partial charge in [0.15, 0.2) is 0 Å². The lowest BCUT2D eigenvalue weighted by atomic mass is 9.99.